The number of benzene rings is 2. The Balaban J connectivity index is 1.67. The van der Waals surface area contributed by atoms with Crippen LogP contribution in [-0.4, -0.2) is 32.7 Å². The summed E-state index contributed by atoms with van der Waals surface area (Å²) in [6.07, 6.45) is 4.62. The van der Waals surface area contributed by atoms with E-state index in [0.29, 0.717) is 5.16 Å². The highest BCUT2D eigenvalue weighted by Gasteiger charge is 2.12. The molecule has 0 saturated heterocycles. The number of hydrogen-bond donors (Lipinski definition) is 1. The smallest absolute Gasteiger partial charge is 0.234 e. The highest BCUT2D eigenvalue weighted by atomic mass is 32.2. The Kier molecular flexibility index (Phi) is 6.35. The molecule has 5 nitrogen and oxygen atoms in total. The molecule has 0 aliphatic carbocycles. The Hall–Kier alpha value is -2.25. The van der Waals surface area contributed by atoms with Gasteiger partial charge in [0.15, 0.2) is 5.16 Å². The molecule has 134 valence electrons. The van der Waals surface area contributed by atoms with E-state index in [1.807, 2.05) is 53.3 Å². The molecular formula is C19H20N4OS2. The van der Waals surface area contributed by atoms with Gasteiger partial charge in [-0.2, -0.15) is 0 Å². The van der Waals surface area contributed by atoms with Gasteiger partial charge in [0.1, 0.15) is 6.33 Å². The number of nitrogens with zero attached hydrogens (tertiary/aromatic N) is 3. The third-order valence-electron chi connectivity index (χ3n) is 3.83. The Morgan fingerprint density at radius 2 is 2.04 bits per heavy atom. The normalized spacial score (nSPS) is 10.7. The van der Waals surface area contributed by atoms with Crippen LogP contribution in [0.1, 0.15) is 12.5 Å². The van der Waals surface area contributed by atoms with Gasteiger partial charge >= 0.3 is 0 Å². The average Bonchev–Trinajstić information content (AvgIpc) is 3.15. The van der Waals surface area contributed by atoms with Gasteiger partial charge in [-0.3, -0.25) is 9.36 Å². The highest BCUT2D eigenvalue weighted by Crippen LogP contribution is 2.23. The summed E-state index contributed by atoms with van der Waals surface area (Å²) in [5, 5.41) is 11.8. The van der Waals surface area contributed by atoms with Crippen LogP contribution in [0, 0.1) is 0 Å². The van der Waals surface area contributed by atoms with Crippen molar-refractivity contribution in [3.8, 4) is 5.69 Å². The predicted molar refractivity (Wildman–Crippen MR) is 108 cm³/mol. The van der Waals surface area contributed by atoms with Gasteiger partial charge < -0.3 is 5.32 Å². The molecule has 7 heteroatoms. The first-order valence-electron chi connectivity index (χ1n) is 8.26. The first-order chi connectivity index (χ1) is 12.7. The molecule has 0 spiro atoms. The highest BCUT2D eigenvalue weighted by molar-refractivity contribution is 7.99. The van der Waals surface area contributed by atoms with E-state index >= 15 is 0 Å². The van der Waals surface area contributed by atoms with Crippen molar-refractivity contribution in [3.05, 3.63) is 60.4 Å². The van der Waals surface area contributed by atoms with Crippen LogP contribution in [0.2, 0.25) is 0 Å². The number of nitrogens with one attached hydrogen (secondary N) is 1. The van der Waals surface area contributed by atoms with Gasteiger partial charge in [0, 0.05) is 10.6 Å². The first kappa shape index (κ1) is 18.5. The summed E-state index contributed by atoms with van der Waals surface area (Å²) in [6.45, 7) is 2.12. The minimum atomic E-state index is -0.0634. The Bertz CT molecular complexity index is 895. The van der Waals surface area contributed by atoms with Crippen LogP contribution in [-0.2, 0) is 11.2 Å². The molecule has 2 aromatic carbocycles. The van der Waals surface area contributed by atoms with E-state index in [1.165, 1.54) is 17.3 Å². The Labute approximate surface area is 161 Å². The second-order valence-corrected chi connectivity index (χ2v) is 7.36. The lowest BCUT2D eigenvalue weighted by molar-refractivity contribution is -0.113. The number of para-hydroxylation sites is 1. The van der Waals surface area contributed by atoms with Gasteiger partial charge in [0.05, 0.1) is 11.4 Å². The number of anilines is 1. The topological polar surface area (TPSA) is 59.8 Å². The van der Waals surface area contributed by atoms with E-state index in [0.717, 1.165) is 22.7 Å². The minimum Gasteiger partial charge on any atom is -0.325 e. The first-order valence-corrected chi connectivity index (χ1v) is 10.5. The van der Waals surface area contributed by atoms with Crippen molar-refractivity contribution in [2.24, 2.45) is 0 Å². The Morgan fingerprint density at radius 3 is 2.85 bits per heavy atom. The van der Waals surface area contributed by atoms with Crippen LogP contribution < -0.4 is 5.32 Å². The van der Waals surface area contributed by atoms with Crippen LogP contribution in [0.4, 0.5) is 5.69 Å². The molecule has 0 bridgehead atoms. The van der Waals surface area contributed by atoms with E-state index in [9.17, 15) is 4.79 Å². The summed E-state index contributed by atoms with van der Waals surface area (Å²) in [5.41, 5.74) is 3.07. The summed E-state index contributed by atoms with van der Waals surface area (Å²) in [7, 11) is 0. The maximum absolute atomic E-state index is 12.3. The fraction of sp³-hybridized carbons (Fsp3) is 0.211. The summed E-state index contributed by atoms with van der Waals surface area (Å²) in [6, 6.07) is 16.0. The number of amides is 1. The zero-order valence-electron chi connectivity index (χ0n) is 14.7. The molecule has 1 N–H and O–H groups in total. The number of carbonyl (C=O) groups is 1. The lowest BCUT2D eigenvalue weighted by Gasteiger charge is -2.10. The number of thioether (sulfide) groups is 2. The molecule has 0 aliphatic heterocycles. The summed E-state index contributed by atoms with van der Waals surface area (Å²) in [4.78, 5) is 13.4. The van der Waals surface area contributed by atoms with Gasteiger partial charge in [-0.05, 0) is 42.5 Å². The van der Waals surface area contributed by atoms with E-state index in [-0.39, 0.29) is 11.7 Å². The average molecular weight is 385 g/mol. The molecule has 0 aliphatic rings. The second kappa shape index (κ2) is 8.91. The van der Waals surface area contributed by atoms with Crippen LogP contribution in [0.5, 0.6) is 0 Å². The van der Waals surface area contributed by atoms with Gasteiger partial charge in [-0.25, -0.2) is 0 Å². The molecule has 0 fully saturated rings. The fourth-order valence-electron chi connectivity index (χ4n) is 2.56. The molecular weight excluding hydrogens is 364 g/mol. The van der Waals surface area contributed by atoms with Crippen molar-refractivity contribution >= 4 is 35.1 Å². The molecule has 1 heterocycles. The number of carbonyl (C=O) groups excluding carboxylic acids is 1. The SMILES string of the molecule is CCc1ccccc1-n1cnnc1SCC(=O)Nc1cccc(SC)c1. The molecule has 0 atom stereocenters. The van der Waals surface area contributed by atoms with Gasteiger partial charge in [0.2, 0.25) is 5.91 Å². The van der Waals surface area contributed by atoms with Crippen molar-refractivity contribution in [1.82, 2.24) is 14.8 Å². The van der Waals surface area contributed by atoms with Crippen molar-refractivity contribution in [2.45, 2.75) is 23.4 Å². The van der Waals surface area contributed by atoms with E-state index in [2.05, 4.69) is 28.5 Å². The number of hydrogen-bond acceptors (Lipinski definition) is 5. The van der Waals surface area contributed by atoms with Crippen LogP contribution in [0.15, 0.2) is 64.9 Å². The summed E-state index contributed by atoms with van der Waals surface area (Å²) < 4.78 is 1.94. The maximum atomic E-state index is 12.3. The zero-order chi connectivity index (χ0) is 18.4. The lowest BCUT2D eigenvalue weighted by atomic mass is 10.1. The molecule has 26 heavy (non-hydrogen) atoms. The van der Waals surface area contributed by atoms with E-state index in [1.54, 1.807) is 18.1 Å². The van der Waals surface area contributed by atoms with Gasteiger partial charge in [-0.1, -0.05) is 43.0 Å². The zero-order valence-corrected chi connectivity index (χ0v) is 16.3. The monoisotopic (exact) mass is 384 g/mol. The number of aromatic nitrogens is 3. The third kappa shape index (κ3) is 4.47. The standard InChI is InChI=1S/C19H20N4OS2/c1-3-14-7-4-5-10-17(14)23-13-20-22-19(23)26-12-18(24)21-15-8-6-9-16(11-15)25-2/h4-11,13H,3,12H2,1-2H3,(H,21,24). The van der Waals surface area contributed by atoms with Crippen molar-refractivity contribution in [3.63, 3.8) is 0 Å². The minimum absolute atomic E-state index is 0.0634. The number of rotatable bonds is 7. The molecule has 3 rings (SSSR count). The van der Waals surface area contributed by atoms with Crippen LogP contribution in [0.3, 0.4) is 0 Å². The van der Waals surface area contributed by atoms with Crippen molar-refractivity contribution in [2.75, 3.05) is 17.3 Å². The summed E-state index contributed by atoms with van der Waals surface area (Å²) in [5.74, 6) is 0.211. The van der Waals surface area contributed by atoms with Crippen molar-refractivity contribution < 1.29 is 4.79 Å². The van der Waals surface area contributed by atoms with Crippen molar-refractivity contribution in [1.29, 1.82) is 0 Å². The van der Waals surface area contributed by atoms with Gasteiger partial charge in [-0.15, -0.1) is 22.0 Å². The second-order valence-electron chi connectivity index (χ2n) is 5.53. The quantitative estimate of drug-likeness (QED) is 0.616. The number of aryl methyl sites for hydroxylation is 1. The van der Waals surface area contributed by atoms with Gasteiger partial charge in [0.25, 0.3) is 0 Å². The maximum Gasteiger partial charge on any atom is 0.234 e. The molecule has 3 aromatic rings. The molecule has 1 aromatic heterocycles. The molecule has 1 amide bonds. The molecule has 0 unspecified atom stereocenters. The lowest BCUT2D eigenvalue weighted by Crippen LogP contribution is -2.14. The van der Waals surface area contributed by atoms with Crippen LogP contribution >= 0.6 is 23.5 Å². The molecule has 0 saturated carbocycles. The fourth-order valence-corrected chi connectivity index (χ4v) is 3.74. The molecule has 0 radical (unpaired) electrons. The summed E-state index contributed by atoms with van der Waals surface area (Å²) >= 11 is 3.02. The van der Waals surface area contributed by atoms with E-state index in [4.69, 9.17) is 0 Å². The largest absolute Gasteiger partial charge is 0.325 e. The van der Waals surface area contributed by atoms with Crippen LogP contribution in [0.25, 0.3) is 5.69 Å². The predicted octanol–water partition coefficient (Wildman–Crippen LogP) is 4.28. The van der Waals surface area contributed by atoms with E-state index < -0.39 is 0 Å². The third-order valence-corrected chi connectivity index (χ3v) is 5.50. The Morgan fingerprint density at radius 1 is 1.19 bits per heavy atom.